The monoisotopic (exact) mass is 269 g/mol. The minimum absolute atomic E-state index is 0.472. The third kappa shape index (κ3) is 2.98. The van der Waals surface area contributed by atoms with E-state index < -0.39 is 0 Å². The Morgan fingerprint density at radius 2 is 2.05 bits per heavy atom. The molecule has 7 heteroatoms. The van der Waals surface area contributed by atoms with Crippen LogP contribution in [0.4, 0.5) is 11.9 Å². The topological polar surface area (TPSA) is 90.6 Å². The first-order valence-electron chi connectivity index (χ1n) is 6.17. The molecule has 102 valence electrons. The molecule has 0 aliphatic carbocycles. The molecule has 2 aromatic rings. The molecule has 0 spiro atoms. The number of anilines is 2. The van der Waals surface area contributed by atoms with Crippen LogP contribution in [0, 0.1) is 11.3 Å². The zero-order valence-corrected chi connectivity index (χ0v) is 11.6. The fourth-order valence-corrected chi connectivity index (χ4v) is 1.55. The van der Waals surface area contributed by atoms with Gasteiger partial charge in [0.1, 0.15) is 6.07 Å². The van der Waals surface area contributed by atoms with Crippen molar-refractivity contribution in [3.8, 4) is 17.5 Å². The van der Waals surface area contributed by atoms with Crippen molar-refractivity contribution in [1.29, 1.82) is 5.26 Å². The summed E-state index contributed by atoms with van der Waals surface area (Å²) < 4.78 is 0. The molecule has 0 saturated carbocycles. The quantitative estimate of drug-likeness (QED) is 0.894. The molecule has 0 aliphatic rings. The molecule has 20 heavy (non-hydrogen) atoms. The van der Waals surface area contributed by atoms with Crippen LogP contribution in [-0.2, 0) is 0 Å². The lowest BCUT2D eigenvalue weighted by molar-refractivity contribution is 0.952. The van der Waals surface area contributed by atoms with E-state index in [0.717, 1.165) is 0 Å². The van der Waals surface area contributed by atoms with Gasteiger partial charge in [-0.1, -0.05) is 0 Å². The van der Waals surface area contributed by atoms with Crippen molar-refractivity contribution in [2.45, 2.75) is 6.92 Å². The van der Waals surface area contributed by atoms with Crippen molar-refractivity contribution in [1.82, 2.24) is 19.9 Å². The molecule has 0 fully saturated rings. The number of nitrogens with zero attached hydrogens (tertiary/aromatic N) is 6. The smallest absolute Gasteiger partial charge is 0.230 e. The van der Waals surface area contributed by atoms with Gasteiger partial charge in [0.2, 0.25) is 11.9 Å². The molecule has 0 aromatic carbocycles. The number of hydrogen-bond acceptors (Lipinski definition) is 7. The number of aromatic nitrogens is 4. The highest BCUT2D eigenvalue weighted by Crippen LogP contribution is 2.18. The van der Waals surface area contributed by atoms with Crippen LogP contribution in [0.15, 0.2) is 18.5 Å². The van der Waals surface area contributed by atoms with E-state index in [4.69, 9.17) is 5.26 Å². The van der Waals surface area contributed by atoms with Gasteiger partial charge in [0, 0.05) is 38.6 Å². The Hall–Kier alpha value is -2.75. The normalized spacial score (nSPS) is 9.90. The first-order chi connectivity index (χ1) is 9.63. The summed E-state index contributed by atoms with van der Waals surface area (Å²) in [5.41, 5.74) is 1.16. The van der Waals surface area contributed by atoms with Gasteiger partial charge in [0.25, 0.3) is 0 Å². The average molecular weight is 269 g/mol. The SMILES string of the molecule is CCNc1nc(-c2cncc(C#N)c2)nc(N(C)C)n1. The van der Waals surface area contributed by atoms with E-state index in [1.807, 2.05) is 21.0 Å². The second-order valence-corrected chi connectivity index (χ2v) is 4.28. The zero-order chi connectivity index (χ0) is 14.5. The fraction of sp³-hybridized carbons (Fsp3) is 0.308. The van der Waals surface area contributed by atoms with E-state index in [-0.39, 0.29) is 0 Å². The first-order valence-corrected chi connectivity index (χ1v) is 6.17. The van der Waals surface area contributed by atoms with Crippen molar-refractivity contribution in [3.05, 3.63) is 24.0 Å². The highest BCUT2D eigenvalue weighted by Gasteiger charge is 2.10. The second kappa shape index (κ2) is 5.93. The first kappa shape index (κ1) is 13.7. The van der Waals surface area contributed by atoms with Crippen LogP contribution in [-0.4, -0.2) is 40.6 Å². The minimum Gasteiger partial charge on any atom is -0.354 e. The van der Waals surface area contributed by atoms with E-state index in [1.165, 1.54) is 6.20 Å². The molecule has 7 nitrogen and oxygen atoms in total. The lowest BCUT2D eigenvalue weighted by Crippen LogP contribution is -2.15. The van der Waals surface area contributed by atoms with Gasteiger partial charge in [-0.2, -0.15) is 20.2 Å². The third-order valence-corrected chi connectivity index (χ3v) is 2.48. The summed E-state index contributed by atoms with van der Waals surface area (Å²) >= 11 is 0. The highest BCUT2D eigenvalue weighted by molar-refractivity contribution is 5.59. The molecule has 0 radical (unpaired) electrons. The Morgan fingerprint density at radius 1 is 1.25 bits per heavy atom. The maximum atomic E-state index is 8.93. The van der Waals surface area contributed by atoms with Crippen molar-refractivity contribution in [2.75, 3.05) is 30.9 Å². The summed E-state index contributed by atoms with van der Waals surface area (Å²) in [4.78, 5) is 18.8. The predicted octanol–water partition coefficient (Wildman–Crippen LogP) is 1.30. The van der Waals surface area contributed by atoms with Gasteiger partial charge in [-0.05, 0) is 13.0 Å². The van der Waals surface area contributed by atoms with E-state index in [0.29, 0.717) is 35.4 Å². The van der Waals surface area contributed by atoms with Gasteiger partial charge in [0.05, 0.1) is 5.56 Å². The summed E-state index contributed by atoms with van der Waals surface area (Å²) in [5.74, 6) is 1.54. The number of nitriles is 1. The summed E-state index contributed by atoms with van der Waals surface area (Å²) in [5, 5.41) is 12.0. The standard InChI is InChI=1S/C13H15N7/c1-4-16-12-17-11(18-13(19-12)20(2)3)10-5-9(6-14)7-15-8-10/h5,7-8H,4H2,1-3H3,(H,16,17,18,19). The predicted molar refractivity (Wildman–Crippen MR) is 76.3 cm³/mol. The molecule has 2 aromatic heterocycles. The summed E-state index contributed by atoms with van der Waals surface area (Å²) in [6.07, 6.45) is 3.13. The summed E-state index contributed by atoms with van der Waals surface area (Å²) in [7, 11) is 3.72. The largest absolute Gasteiger partial charge is 0.354 e. The third-order valence-electron chi connectivity index (χ3n) is 2.48. The van der Waals surface area contributed by atoms with Gasteiger partial charge >= 0.3 is 0 Å². The van der Waals surface area contributed by atoms with Gasteiger partial charge in [-0.3, -0.25) is 4.98 Å². The summed E-state index contributed by atoms with van der Waals surface area (Å²) in [6, 6.07) is 3.76. The van der Waals surface area contributed by atoms with E-state index in [9.17, 15) is 0 Å². The van der Waals surface area contributed by atoms with Crippen LogP contribution in [0.2, 0.25) is 0 Å². The lowest BCUT2D eigenvalue weighted by atomic mass is 10.2. The number of hydrogen-bond donors (Lipinski definition) is 1. The maximum absolute atomic E-state index is 8.93. The van der Waals surface area contributed by atoms with E-state index >= 15 is 0 Å². The number of rotatable bonds is 4. The van der Waals surface area contributed by atoms with Crippen molar-refractivity contribution in [2.24, 2.45) is 0 Å². The number of nitrogens with one attached hydrogen (secondary N) is 1. The maximum Gasteiger partial charge on any atom is 0.230 e. The Kier molecular flexibility index (Phi) is 4.05. The highest BCUT2D eigenvalue weighted by atomic mass is 15.3. The molecular formula is C13H15N7. The Bertz CT molecular complexity index is 645. The van der Waals surface area contributed by atoms with Crippen LogP contribution in [0.3, 0.4) is 0 Å². The van der Waals surface area contributed by atoms with Crippen molar-refractivity contribution >= 4 is 11.9 Å². The molecule has 0 saturated heterocycles. The van der Waals surface area contributed by atoms with Gasteiger partial charge in [0.15, 0.2) is 5.82 Å². The Labute approximate surface area is 117 Å². The lowest BCUT2D eigenvalue weighted by Gasteiger charge is -2.13. The number of pyridine rings is 1. The van der Waals surface area contributed by atoms with E-state index in [1.54, 1.807) is 17.2 Å². The molecule has 2 heterocycles. The van der Waals surface area contributed by atoms with Gasteiger partial charge < -0.3 is 10.2 Å². The van der Waals surface area contributed by atoms with Gasteiger partial charge in [-0.15, -0.1) is 0 Å². The van der Waals surface area contributed by atoms with Gasteiger partial charge in [-0.25, -0.2) is 0 Å². The molecule has 0 amide bonds. The van der Waals surface area contributed by atoms with E-state index in [2.05, 4.69) is 31.3 Å². The van der Waals surface area contributed by atoms with Crippen LogP contribution in [0.5, 0.6) is 0 Å². The molecule has 0 unspecified atom stereocenters. The minimum atomic E-state index is 0.472. The Balaban J connectivity index is 2.51. The molecule has 0 aliphatic heterocycles. The Morgan fingerprint density at radius 3 is 2.70 bits per heavy atom. The van der Waals surface area contributed by atoms with Crippen LogP contribution in [0.1, 0.15) is 12.5 Å². The van der Waals surface area contributed by atoms with Crippen LogP contribution < -0.4 is 10.2 Å². The summed E-state index contributed by atoms with van der Waals surface area (Å²) in [6.45, 7) is 2.68. The molecule has 1 N–H and O–H groups in total. The molecule has 2 rings (SSSR count). The van der Waals surface area contributed by atoms with Crippen LogP contribution >= 0.6 is 0 Å². The van der Waals surface area contributed by atoms with Crippen molar-refractivity contribution in [3.63, 3.8) is 0 Å². The van der Waals surface area contributed by atoms with Crippen LogP contribution in [0.25, 0.3) is 11.4 Å². The van der Waals surface area contributed by atoms with Crippen molar-refractivity contribution < 1.29 is 0 Å². The molecular weight excluding hydrogens is 254 g/mol. The average Bonchev–Trinajstić information content (AvgIpc) is 2.47. The zero-order valence-electron chi connectivity index (χ0n) is 11.6. The molecule has 0 bridgehead atoms. The second-order valence-electron chi connectivity index (χ2n) is 4.28. The fourth-order valence-electron chi connectivity index (χ4n) is 1.55. The molecule has 0 atom stereocenters.